The van der Waals surface area contributed by atoms with Crippen LogP contribution in [0.25, 0.3) is 0 Å². The third-order valence-corrected chi connectivity index (χ3v) is 2.37. The van der Waals surface area contributed by atoms with Gasteiger partial charge in [0.2, 0.25) is 0 Å². The highest BCUT2D eigenvalue weighted by Crippen LogP contribution is 2.21. The molecule has 0 amide bonds. The minimum atomic E-state index is 0.856. The van der Waals surface area contributed by atoms with Gasteiger partial charge in [-0.3, -0.25) is 0 Å². The normalized spacial score (nSPS) is 12.6. The maximum absolute atomic E-state index is 2.27. The Bertz CT molecular complexity index is 105. The Balaban J connectivity index is 3.87. The molecular weight excluding hydrogens is 132 g/mol. The summed E-state index contributed by atoms with van der Waals surface area (Å²) in [7, 11) is 0. The monoisotopic (exact) mass is 154 g/mol. The first kappa shape index (κ1) is 10.7. The molecule has 0 fully saturated rings. The van der Waals surface area contributed by atoms with Crippen LogP contribution in [0.5, 0.6) is 0 Å². The number of hydrogen-bond donors (Lipinski definition) is 0. The Labute approximate surface area is 71.7 Å². The van der Waals surface area contributed by atoms with Crippen LogP contribution in [0, 0.1) is 5.92 Å². The van der Waals surface area contributed by atoms with E-state index in [0.717, 1.165) is 5.92 Å². The molecule has 0 atom stereocenters. The third kappa shape index (κ3) is 4.23. The van der Waals surface area contributed by atoms with Crippen LogP contribution in [0.3, 0.4) is 0 Å². The van der Waals surface area contributed by atoms with Crippen molar-refractivity contribution in [2.75, 3.05) is 0 Å². The van der Waals surface area contributed by atoms with Gasteiger partial charge in [0.1, 0.15) is 0 Å². The van der Waals surface area contributed by atoms with E-state index in [1.165, 1.54) is 25.7 Å². The quantitative estimate of drug-likeness (QED) is 0.521. The smallest absolute Gasteiger partial charge is 0.0206 e. The lowest BCUT2D eigenvalue weighted by molar-refractivity contribution is 0.503. The van der Waals surface area contributed by atoms with Crippen molar-refractivity contribution in [3.05, 3.63) is 11.6 Å². The van der Waals surface area contributed by atoms with Crippen molar-refractivity contribution in [1.29, 1.82) is 0 Å². The fraction of sp³-hybridized carbons (Fsp3) is 0.818. The molecule has 0 aliphatic rings. The molecule has 0 aliphatic carbocycles. The van der Waals surface area contributed by atoms with Crippen LogP contribution >= 0.6 is 0 Å². The van der Waals surface area contributed by atoms with Crippen LogP contribution in [-0.4, -0.2) is 0 Å². The Morgan fingerprint density at radius 1 is 1.18 bits per heavy atom. The summed E-state index contributed by atoms with van der Waals surface area (Å²) in [5, 5.41) is 0. The van der Waals surface area contributed by atoms with Gasteiger partial charge in [0.15, 0.2) is 0 Å². The SMILES string of the molecule is C/C=C(\C)C(CCC)CCC. The van der Waals surface area contributed by atoms with Crippen LogP contribution in [-0.2, 0) is 0 Å². The van der Waals surface area contributed by atoms with Crippen molar-refractivity contribution in [3.63, 3.8) is 0 Å². The molecule has 0 spiro atoms. The lowest BCUT2D eigenvalue weighted by Crippen LogP contribution is -2.00. The zero-order chi connectivity index (χ0) is 8.69. The summed E-state index contributed by atoms with van der Waals surface area (Å²) in [6.45, 7) is 8.95. The molecule has 0 saturated heterocycles. The highest BCUT2D eigenvalue weighted by atomic mass is 14.1. The van der Waals surface area contributed by atoms with E-state index < -0.39 is 0 Å². The summed E-state index contributed by atoms with van der Waals surface area (Å²) in [4.78, 5) is 0. The third-order valence-electron chi connectivity index (χ3n) is 2.37. The molecule has 0 aliphatic heterocycles. The molecule has 0 aromatic heterocycles. The average molecular weight is 154 g/mol. The minimum absolute atomic E-state index is 0.856. The Morgan fingerprint density at radius 3 is 1.91 bits per heavy atom. The van der Waals surface area contributed by atoms with E-state index in [1.807, 2.05) is 0 Å². The number of hydrogen-bond acceptors (Lipinski definition) is 0. The molecule has 0 bridgehead atoms. The molecular formula is C11H22. The van der Waals surface area contributed by atoms with Crippen molar-refractivity contribution in [3.8, 4) is 0 Å². The molecule has 0 saturated carbocycles. The van der Waals surface area contributed by atoms with Crippen molar-refractivity contribution >= 4 is 0 Å². The summed E-state index contributed by atoms with van der Waals surface area (Å²) in [6.07, 6.45) is 7.62. The van der Waals surface area contributed by atoms with Crippen molar-refractivity contribution in [2.45, 2.75) is 53.4 Å². The topological polar surface area (TPSA) is 0 Å². The highest BCUT2D eigenvalue weighted by molar-refractivity contribution is 5.01. The predicted octanol–water partition coefficient (Wildman–Crippen LogP) is 4.17. The summed E-state index contributed by atoms with van der Waals surface area (Å²) in [5.74, 6) is 0.856. The van der Waals surface area contributed by atoms with E-state index >= 15 is 0 Å². The van der Waals surface area contributed by atoms with Crippen LogP contribution in [0.1, 0.15) is 53.4 Å². The predicted molar refractivity (Wildman–Crippen MR) is 52.7 cm³/mol. The number of allylic oxidation sites excluding steroid dienone is 2. The van der Waals surface area contributed by atoms with Crippen molar-refractivity contribution in [1.82, 2.24) is 0 Å². The van der Waals surface area contributed by atoms with E-state index in [1.54, 1.807) is 5.57 Å². The van der Waals surface area contributed by atoms with Crippen molar-refractivity contribution in [2.24, 2.45) is 5.92 Å². The summed E-state index contributed by atoms with van der Waals surface area (Å²) >= 11 is 0. The second-order valence-electron chi connectivity index (χ2n) is 3.31. The standard InChI is InChI=1S/C11H22/c1-5-8-11(9-6-2)10(4)7-3/h7,11H,5-6,8-9H2,1-4H3/b10-7+. The van der Waals surface area contributed by atoms with Gasteiger partial charge in [-0.25, -0.2) is 0 Å². The van der Waals surface area contributed by atoms with Gasteiger partial charge in [-0.2, -0.15) is 0 Å². The number of rotatable bonds is 5. The maximum atomic E-state index is 2.27. The second kappa shape index (κ2) is 6.45. The van der Waals surface area contributed by atoms with Crippen LogP contribution in [0.15, 0.2) is 11.6 Å². The van der Waals surface area contributed by atoms with E-state index in [9.17, 15) is 0 Å². The highest BCUT2D eigenvalue weighted by Gasteiger charge is 2.06. The Kier molecular flexibility index (Phi) is 6.30. The van der Waals surface area contributed by atoms with E-state index in [0.29, 0.717) is 0 Å². The molecule has 0 rings (SSSR count). The fourth-order valence-electron chi connectivity index (χ4n) is 1.53. The molecule has 11 heavy (non-hydrogen) atoms. The minimum Gasteiger partial charge on any atom is -0.0885 e. The van der Waals surface area contributed by atoms with E-state index in [-0.39, 0.29) is 0 Å². The first-order valence-electron chi connectivity index (χ1n) is 4.89. The second-order valence-corrected chi connectivity index (χ2v) is 3.31. The van der Waals surface area contributed by atoms with Gasteiger partial charge in [0.05, 0.1) is 0 Å². The first-order chi connectivity index (χ1) is 5.26. The molecule has 0 unspecified atom stereocenters. The fourth-order valence-corrected chi connectivity index (χ4v) is 1.53. The van der Waals surface area contributed by atoms with E-state index in [2.05, 4.69) is 33.8 Å². The molecule has 0 aromatic carbocycles. The molecule has 0 nitrogen and oxygen atoms in total. The molecule has 66 valence electrons. The maximum Gasteiger partial charge on any atom is -0.0206 e. The molecule has 0 heterocycles. The van der Waals surface area contributed by atoms with Crippen LogP contribution in [0.4, 0.5) is 0 Å². The zero-order valence-corrected chi connectivity index (χ0v) is 8.48. The van der Waals surface area contributed by atoms with Crippen LogP contribution < -0.4 is 0 Å². The summed E-state index contributed by atoms with van der Waals surface area (Å²) in [6, 6.07) is 0. The first-order valence-corrected chi connectivity index (χ1v) is 4.89. The molecule has 0 radical (unpaired) electrons. The van der Waals surface area contributed by atoms with E-state index in [4.69, 9.17) is 0 Å². The average Bonchev–Trinajstić information content (AvgIpc) is 2.03. The Morgan fingerprint density at radius 2 is 1.64 bits per heavy atom. The van der Waals surface area contributed by atoms with Crippen molar-refractivity contribution < 1.29 is 0 Å². The summed E-state index contributed by atoms with van der Waals surface area (Å²) < 4.78 is 0. The summed E-state index contributed by atoms with van der Waals surface area (Å²) in [5.41, 5.74) is 1.58. The molecule has 0 heteroatoms. The zero-order valence-electron chi connectivity index (χ0n) is 8.48. The van der Waals surface area contributed by atoms with Gasteiger partial charge in [0, 0.05) is 0 Å². The lowest BCUT2D eigenvalue weighted by Gasteiger charge is -2.15. The van der Waals surface area contributed by atoms with Gasteiger partial charge >= 0.3 is 0 Å². The van der Waals surface area contributed by atoms with Gasteiger partial charge in [-0.1, -0.05) is 38.3 Å². The van der Waals surface area contributed by atoms with Gasteiger partial charge in [-0.15, -0.1) is 0 Å². The molecule has 0 aromatic rings. The van der Waals surface area contributed by atoms with Gasteiger partial charge < -0.3 is 0 Å². The van der Waals surface area contributed by atoms with Gasteiger partial charge in [-0.05, 0) is 32.6 Å². The molecule has 0 N–H and O–H groups in total. The Hall–Kier alpha value is -0.260. The van der Waals surface area contributed by atoms with Crippen LogP contribution in [0.2, 0.25) is 0 Å². The lowest BCUT2D eigenvalue weighted by atomic mass is 9.91. The largest absolute Gasteiger partial charge is 0.0885 e. The van der Waals surface area contributed by atoms with Gasteiger partial charge in [0.25, 0.3) is 0 Å².